The Labute approximate surface area is 176 Å². The van der Waals surface area contributed by atoms with Crippen molar-refractivity contribution in [3.63, 3.8) is 0 Å². The highest BCUT2D eigenvalue weighted by atomic mass is 16.5. The number of hydrogen-bond donors (Lipinski definition) is 0. The van der Waals surface area contributed by atoms with Gasteiger partial charge in [-0.15, -0.1) is 13.2 Å². The molecule has 2 aromatic carbocycles. The third-order valence-corrected chi connectivity index (χ3v) is 5.96. The van der Waals surface area contributed by atoms with E-state index in [2.05, 4.69) is 79.9 Å². The molecule has 0 N–H and O–H groups in total. The highest BCUT2D eigenvalue weighted by molar-refractivity contribution is 5.64. The Morgan fingerprint density at radius 2 is 1.41 bits per heavy atom. The van der Waals surface area contributed by atoms with Crippen LogP contribution in [0.4, 0.5) is 0 Å². The standard InChI is InChI=1S/C28H34O/c1-3-21-29-22-26-15-19-28(20-16-26)27-17-13-25(14-18-27)8-6-5-7-24-11-9-23(4-2)10-12-24/h3-6,13-20,23-24H,1-2,7-12,21-22H2. The maximum atomic E-state index is 5.50. The van der Waals surface area contributed by atoms with Gasteiger partial charge < -0.3 is 4.74 Å². The quantitative estimate of drug-likeness (QED) is 0.303. The van der Waals surface area contributed by atoms with Gasteiger partial charge in [0.15, 0.2) is 0 Å². The minimum absolute atomic E-state index is 0.591. The van der Waals surface area contributed by atoms with Gasteiger partial charge in [0.2, 0.25) is 0 Å². The molecular formula is C28H34O. The fraction of sp³-hybridized carbons (Fsp3) is 0.357. The highest BCUT2D eigenvalue weighted by Gasteiger charge is 2.17. The molecule has 0 heterocycles. The number of ether oxygens (including phenoxy) is 1. The van der Waals surface area contributed by atoms with Crippen LogP contribution in [0.2, 0.25) is 0 Å². The molecule has 0 bridgehead atoms. The normalized spacial score (nSPS) is 19.3. The Morgan fingerprint density at radius 1 is 0.793 bits per heavy atom. The van der Waals surface area contributed by atoms with Crippen molar-refractivity contribution < 1.29 is 4.74 Å². The van der Waals surface area contributed by atoms with Crippen LogP contribution in [0.1, 0.15) is 43.2 Å². The molecule has 0 atom stereocenters. The molecule has 1 aliphatic rings. The van der Waals surface area contributed by atoms with Gasteiger partial charge in [-0.3, -0.25) is 0 Å². The van der Waals surface area contributed by atoms with Crippen molar-refractivity contribution in [2.45, 2.75) is 45.1 Å². The van der Waals surface area contributed by atoms with E-state index in [1.165, 1.54) is 54.4 Å². The van der Waals surface area contributed by atoms with Crippen LogP contribution in [0, 0.1) is 11.8 Å². The average Bonchev–Trinajstić information content (AvgIpc) is 2.78. The highest BCUT2D eigenvalue weighted by Crippen LogP contribution is 2.31. The van der Waals surface area contributed by atoms with Crippen LogP contribution in [0.25, 0.3) is 11.1 Å². The Balaban J connectivity index is 1.45. The summed E-state index contributed by atoms with van der Waals surface area (Å²) in [5.74, 6) is 1.63. The van der Waals surface area contributed by atoms with Gasteiger partial charge in [-0.1, -0.05) is 72.8 Å². The summed E-state index contributed by atoms with van der Waals surface area (Å²) in [6.45, 7) is 8.83. The van der Waals surface area contributed by atoms with Crippen molar-refractivity contribution in [3.8, 4) is 11.1 Å². The summed E-state index contributed by atoms with van der Waals surface area (Å²) in [5, 5.41) is 0. The van der Waals surface area contributed by atoms with E-state index in [1.54, 1.807) is 6.08 Å². The lowest BCUT2D eigenvalue weighted by Crippen LogP contribution is -2.12. The van der Waals surface area contributed by atoms with Gasteiger partial charge in [-0.25, -0.2) is 0 Å². The zero-order valence-corrected chi connectivity index (χ0v) is 17.6. The van der Waals surface area contributed by atoms with E-state index in [-0.39, 0.29) is 0 Å². The Hall–Kier alpha value is -2.38. The lowest BCUT2D eigenvalue weighted by atomic mass is 9.80. The van der Waals surface area contributed by atoms with Crippen molar-refractivity contribution in [1.29, 1.82) is 0 Å². The van der Waals surface area contributed by atoms with Gasteiger partial charge in [-0.2, -0.15) is 0 Å². The molecule has 1 nitrogen and oxygen atoms in total. The third kappa shape index (κ3) is 6.87. The second-order valence-corrected chi connectivity index (χ2v) is 8.13. The molecule has 152 valence electrons. The minimum atomic E-state index is 0.591. The van der Waals surface area contributed by atoms with Crippen molar-refractivity contribution in [2.24, 2.45) is 11.8 Å². The first-order valence-electron chi connectivity index (χ1n) is 10.9. The predicted octanol–water partition coefficient (Wildman–Crippen LogP) is 7.54. The fourth-order valence-electron chi connectivity index (χ4n) is 4.05. The first kappa shape index (κ1) is 21.3. The maximum Gasteiger partial charge on any atom is 0.0721 e. The lowest BCUT2D eigenvalue weighted by molar-refractivity contribution is 0.149. The zero-order chi connectivity index (χ0) is 20.3. The Bertz CT molecular complexity index is 774. The van der Waals surface area contributed by atoms with E-state index in [4.69, 9.17) is 4.74 Å². The van der Waals surface area contributed by atoms with Crippen molar-refractivity contribution in [1.82, 2.24) is 0 Å². The number of allylic oxidation sites excluding steroid dienone is 3. The van der Waals surface area contributed by atoms with E-state index in [1.807, 2.05) is 0 Å². The third-order valence-electron chi connectivity index (χ3n) is 5.96. The monoisotopic (exact) mass is 386 g/mol. The fourth-order valence-corrected chi connectivity index (χ4v) is 4.05. The lowest BCUT2D eigenvalue weighted by Gasteiger charge is -2.25. The molecule has 0 unspecified atom stereocenters. The van der Waals surface area contributed by atoms with E-state index < -0.39 is 0 Å². The predicted molar refractivity (Wildman–Crippen MR) is 125 cm³/mol. The topological polar surface area (TPSA) is 9.23 Å². The molecule has 1 heteroatoms. The Morgan fingerprint density at radius 3 is 2.00 bits per heavy atom. The van der Waals surface area contributed by atoms with Crippen LogP contribution in [-0.2, 0) is 17.8 Å². The van der Waals surface area contributed by atoms with Crippen LogP contribution in [0.5, 0.6) is 0 Å². The van der Waals surface area contributed by atoms with E-state index in [0.717, 1.165) is 18.3 Å². The summed E-state index contributed by atoms with van der Waals surface area (Å²) in [6.07, 6.45) is 16.3. The molecule has 0 spiro atoms. The van der Waals surface area contributed by atoms with E-state index >= 15 is 0 Å². The molecule has 0 aliphatic heterocycles. The molecule has 0 amide bonds. The SMILES string of the molecule is C=CCOCc1ccc(-c2ccc(CC=CCC3CCC(C=C)CC3)cc2)cc1. The van der Waals surface area contributed by atoms with Crippen molar-refractivity contribution in [3.05, 3.63) is 97.1 Å². The molecule has 0 radical (unpaired) electrons. The van der Waals surface area contributed by atoms with Crippen LogP contribution in [0.3, 0.4) is 0 Å². The molecule has 3 rings (SSSR count). The molecule has 0 aromatic heterocycles. The zero-order valence-electron chi connectivity index (χ0n) is 17.6. The summed E-state index contributed by atoms with van der Waals surface area (Å²) in [5.41, 5.74) is 5.06. The van der Waals surface area contributed by atoms with Gasteiger partial charge in [0.1, 0.15) is 0 Å². The summed E-state index contributed by atoms with van der Waals surface area (Å²) in [4.78, 5) is 0. The van der Waals surface area contributed by atoms with Crippen LogP contribution in [0.15, 0.2) is 86.0 Å². The summed E-state index contributed by atoms with van der Waals surface area (Å²) in [6, 6.07) is 17.6. The van der Waals surface area contributed by atoms with Gasteiger partial charge in [0.05, 0.1) is 13.2 Å². The van der Waals surface area contributed by atoms with Crippen molar-refractivity contribution >= 4 is 0 Å². The minimum Gasteiger partial charge on any atom is -0.373 e. The molecule has 1 saturated carbocycles. The molecule has 2 aromatic rings. The summed E-state index contributed by atoms with van der Waals surface area (Å²) >= 11 is 0. The maximum absolute atomic E-state index is 5.50. The molecule has 1 aliphatic carbocycles. The van der Waals surface area contributed by atoms with Crippen LogP contribution in [-0.4, -0.2) is 6.61 Å². The Kier molecular flexibility index (Phi) is 8.52. The number of rotatable bonds is 10. The van der Waals surface area contributed by atoms with E-state index in [0.29, 0.717) is 13.2 Å². The van der Waals surface area contributed by atoms with Crippen molar-refractivity contribution in [2.75, 3.05) is 6.61 Å². The van der Waals surface area contributed by atoms with Gasteiger partial charge in [0.25, 0.3) is 0 Å². The van der Waals surface area contributed by atoms with Gasteiger partial charge in [-0.05, 0) is 72.6 Å². The summed E-state index contributed by atoms with van der Waals surface area (Å²) in [7, 11) is 0. The first-order chi connectivity index (χ1) is 14.3. The van der Waals surface area contributed by atoms with Gasteiger partial charge in [0, 0.05) is 0 Å². The first-order valence-corrected chi connectivity index (χ1v) is 10.9. The number of hydrogen-bond acceptors (Lipinski definition) is 1. The second-order valence-electron chi connectivity index (χ2n) is 8.13. The molecule has 1 fully saturated rings. The second kappa shape index (κ2) is 11.6. The van der Waals surface area contributed by atoms with Gasteiger partial charge >= 0.3 is 0 Å². The molecule has 29 heavy (non-hydrogen) atoms. The largest absolute Gasteiger partial charge is 0.373 e. The van der Waals surface area contributed by atoms with E-state index in [9.17, 15) is 0 Å². The average molecular weight is 387 g/mol. The summed E-state index contributed by atoms with van der Waals surface area (Å²) < 4.78 is 5.50. The number of benzene rings is 2. The molecular weight excluding hydrogens is 352 g/mol. The van der Waals surface area contributed by atoms with Crippen LogP contribution >= 0.6 is 0 Å². The molecule has 0 saturated heterocycles. The van der Waals surface area contributed by atoms with Crippen LogP contribution < -0.4 is 0 Å². The smallest absolute Gasteiger partial charge is 0.0721 e.